The van der Waals surface area contributed by atoms with Crippen LogP contribution in [0.25, 0.3) is 0 Å². The van der Waals surface area contributed by atoms with Crippen LogP contribution in [-0.2, 0) is 0 Å². The van der Waals surface area contributed by atoms with E-state index in [9.17, 15) is 0 Å². The van der Waals surface area contributed by atoms with Crippen molar-refractivity contribution in [1.29, 1.82) is 0 Å². The fourth-order valence-electron chi connectivity index (χ4n) is 1.52. The van der Waals surface area contributed by atoms with Gasteiger partial charge in [-0.05, 0) is 42.2 Å². The molecule has 90 valence electrons. The first kappa shape index (κ1) is 14.3. The van der Waals surface area contributed by atoms with Crippen molar-refractivity contribution in [3.05, 3.63) is 29.3 Å². The number of rotatable bonds is 6. The molecule has 0 spiro atoms. The van der Waals surface area contributed by atoms with E-state index in [1.165, 1.54) is 17.7 Å². The normalized spacial score (nSPS) is 11.8. The summed E-state index contributed by atoms with van der Waals surface area (Å²) in [7, 11) is 0. The van der Waals surface area contributed by atoms with Crippen molar-refractivity contribution in [2.45, 2.75) is 31.6 Å². The van der Waals surface area contributed by atoms with Gasteiger partial charge in [-0.3, -0.25) is 0 Å². The summed E-state index contributed by atoms with van der Waals surface area (Å²) in [5, 5.41) is 0.814. The quantitative estimate of drug-likeness (QED) is 0.552. The highest BCUT2D eigenvalue weighted by Gasteiger charge is 2.24. The molecule has 0 radical (unpaired) electrons. The van der Waals surface area contributed by atoms with E-state index in [2.05, 4.69) is 32.5 Å². The maximum absolute atomic E-state index is 5.97. The minimum atomic E-state index is 0.357. The second-order valence-corrected chi connectivity index (χ2v) is 5.91. The van der Waals surface area contributed by atoms with E-state index in [1.807, 2.05) is 30.0 Å². The van der Waals surface area contributed by atoms with Crippen LogP contribution in [0.5, 0.6) is 0 Å². The summed E-state index contributed by atoms with van der Waals surface area (Å²) >= 11 is 12.3. The van der Waals surface area contributed by atoms with E-state index < -0.39 is 0 Å². The Bertz CT molecular complexity index is 313. The van der Waals surface area contributed by atoms with Gasteiger partial charge in [0.15, 0.2) is 0 Å². The molecule has 0 saturated carbocycles. The SMILES string of the molecule is CCC(CC)(CS)CSc1cccc(Cl)c1. The molecule has 1 aromatic carbocycles. The number of hydrogen-bond donors (Lipinski definition) is 1. The number of halogens is 1. The highest BCUT2D eigenvalue weighted by Crippen LogP contribution is 2.35. The number of benzene rings is 1. The third-order valence-corrected chi connectivity index (χ3v) is 5.43. The molecule has 0 aliphatic rings. The Morgan fingerprint density at radius 1 is 1.31 bits per heavy atom. The Balaban J connectivity index is 2.62. The van der Waals surface area contributed by atoms with Crippen LogP contribution in [0.2, 0.25) is 5.02 Å². The molecule has 0 unspecified atom stereocenters. The van der Waals surface area contributed by atoms with Gasteiger partial charge in [-0.15, -0.1) is 11.8 Å². The second-order valence-electron chi connectivity index (χ2n) is 4.11. The predicted molar refractivity (Wildman–Crippen MR) is 79.0 cm³/mol. The van der Waals surface area contributed by atoms with Crippen molar-refractivity contribution < 1.29 is 0 Å². The predicted octanol–water partition coefficient (Wildman–Crippen LogP) is 5.17. The lowest BCUT2D eigenvalue weighted by atomic mass is 9.87. The smallest absolute Gasteiger partial charge is 0.0417 e. The van der Waals surface area contributed by atoms with E-state index >= 15 is 0 Å². The maximum Gasteiger partial charge on any atom is 0.0417 e. The van der Waals surface area contributed by atoms with Gasteiger partial charge in [-0.25, -0.2) is 0 Å². The second kappa shape index (κ2) is 6.83. The average Bonchev–Trinajstić information content (AvgIpc) is 2.32. The molecule has 0 heterocycles. The van der Waals surface area contributed by atoms with E-state index in [4.69, 9.17) is 11.6 Å². The van der Waals surface area contributed by atoms with Gasteiger partial charge < -0.3 is 0 Å². The van der Waals surface area contributed by atoms with Crippen molar-refractivity contribution >= 4 is 36.0 Å². The molecule has 0 aromatic heterocycles. The zero-order chi connectivity index (χ0) is 12.0. The van der Waals surface area contributed by atoms with Crippen LogP contribution in [0.3, 0.4) is 0 Å². The van der Waals surface area contributed by atoms with Crippen molar-refractivity contribution in [2.24, 2.45) is 5.41 Å². The van der Waals surface area contributed by atoms with Gasteiger partial charge in [0.1, 0.15) is 0 Å². The van der Waals surface area contributed by atoms with Crippen LogP contribution < -0.4 is 0 Å². The Hall–Kier alpha value is 0.210. The molecule has 0 atom stereocenters. The zero-order valence-electron chi connectivity index (χ0n) is 9.87. The summed E-state index contributed by atoms with van der Waals surface area (Å²) in [6, 6.07) is 8.06. The monoisotopic (exact) mass is 274 g/mol. The molecule has 0 fully saturated rings. The summed E-state index contributed by atoms with van der Waals surface area (Å²) in [6.07, 6.45) is 2.36. The van der Waals surface area contributed by atoms with Crippen LogP contribution in [0.1, 0.15) is 26.7 Å². The van der Waals surface area contributed by atoms with Crippen molar-refractivity contribution in [1.82, 2.24) is 0 Å². The van der Waals surface area contributed by atoms with E-state index in [1.54, 1.807) is 0 Å². The summed E-state index contributed by atoms with van der Waals surface area (Å²) in [5.74, 6) is 2.07. The van der Waals surface area contributed by atoms with Crippen molar-refractivity contribution in [3.63, 3.8) is 0 Å². The highest BCUT2D eigenvalue weighted by molar-refractivity contribution is 7.99. The Kier molecular flexibility index (Phi) is 6.09. The van der Waals surface area contributed by atoms with Gasteiger partial charge >= 0.3 is 0 Å². The van der Waals surface area contributed by atoms with Gasteiger partial charge in [0.2, 0.25) is 0 Å². The van der Waals surface area contributed by atoms with E-state index in [-0.39, 0.29) is 0 Å². The highest BCUT2D eigenvalue weighted by atomic mass is 35.5. The Morgan fingerprint density at radius 2 is 2.00 bits per heavy atom. The van der Waals surface area contributed by atoms with Crippen LogP contribution >= 0.6 is 36.0 Å². The minimum absolute atomic E-state index is 0.357. The number of thioether (sulfide) groups is 1. The fraction of sp³-hybridized carbons (Fsp3) is 0.538. The summed E-state index contributed by atoms with van der Waals surface area (Å²) in [6.45, 7) is 4.50. The van der Waals surface area contributed by atoms with E-state index in [0.717, 1.165) is 16.5 Å². The summed E-state index contributed by atoms with van der Waals surface area (Å²) < 4.78 is 0. The zero-order valence-corrected chi connectivity index (χ0v) is 12.3. The fourth-order valence-corrected chi connectivity index (χ4v) is 3.85. The third kappa shape index (κ3) is 3.90. The van der Waals surface area contributed by atoms with Gasteiger partial charge in [0, 0.05) is 15.7 Å². The molecule has 0 aliphatic carbocycles. The van der Waals surface area contributed by atoms with Gasteiger partial charge in [0.25, 0.3) is 0 Å². The Labute approximate surface area is 114 Å². The molecule has 3 heteroatoms. The first-order chi connectivity index (χ1) is 7.65. The lowest BCUT2D eigenvalue weighted by molar-refractivity contribution is 0.357. The molecule has 16 heavy (non-hydrogen) atoms. The molecular weight excluding hydrogens is 256 g/mol. The van der Waals surface area contributed by atoms with Crippen LogP contribution in [-0.4, -0.2) is 11.5 Å². The standard InChI is InChI=1S/C13H19ClS2/c1-3-13(4-2,9-15)10-16-12-7-5-6-11(14)8-12/h5-8,15H,3-4,9-10H2,1-2H3. The van der Waals surface area contributed by atoms with E-state index in [0.29, 0.717) is 5.41 Å². The lowest BCUT2D eigenvalue weighted by Crippen LogP contribution is -2.24. The average molecular weight is 275 g/mol. The summed E-state index contributed by atoms with van der Waals surface area (Å²) in [5.41, 5.74) is 0.357. The molecule has 0 saturated heterocycles. The first-order valence-electron chi connectivity index (χ1n) is 5.65. The molecule has 0 aliphatic heterocycles. The summed E-state index contributed by atoms with van der Waals surface area (Å²) in [4.78, 5) is 1.25. The molecule has 1 aromatic rings. The minimum Gasteiger partial charge on any atom is -0.179 e. The maximum atomic E-state index is 5.97. The van der Waals surface area contributed by atoms with Gasteiger partial charge in [0.05, 0.1) is 0 Å². The van der Waals surface area contributed by atoms with Crippen LogP contribution in [0.15, 0.2) is 29.2 Å². The van der Waals surface area contributed by atoms with Crippen molar-refractivity contribution in [3.8, 4) is 0 Å². The van der Waals surface area contributed by atoms with Gasteiger partial charge in [-0.1, -0.05) is 31.5 Å². The van der Waals surface area contributed by atoms with Crippen LogP contribution in [0.4, 0.5) is 0 Å². The van der Waals surface area contributed by atoms with Gasteiger partial charge in [-0.2, -0.15) is 12.6 Å². The third-order valence-electron chi connectivity index (χ3n) is 3.18. The number of thiol groups is 1. The lowest BCUT2D eigenvalue weighted by Gasteiger charge is -2.29. The molecule has 1 rings (SSSR count). The largest absolute Gasteiger partial charge is 0.179 e. The molecule has 0 N–H and O–H groups in total. The topological polar surface area (TPSA) is 0 Å². The number of hydrogen-bond acceptors (Lipinski definition) is 2. The first-order valence-corrected chi connectivity index (χ1v) is 7.64. The molecule has 0 amide bonds. The Morgan fingerprint density at radius 3 is 2.50 bits per heavy atom. The van der Waals surface area contributed by atoms with Crippen molar-refractivity contribution in [2.75, 3.05) is 11.5 Å². The molecule has 0 nitrogen and oxygen atoms in total. The molecule has 0 bridgehead atoms. The molecular formula is C13H19ClS2. The van der Waals surface area contributed by atoms with Crippen LogP contribution in [0, 0.1) is 5.41 Å².